The molecule has 0 bridgehead atoms. The lowest BCUT2D eigenvalue weighted by Crippen LogP contribution is -2.11. The molecule has 0 radical (unpaired) electrons. The molecule has 1 nitrogen and oxygen atoms in total. The Morgan fingerprint density at radius 2 is 2.07 bits per heavy atom. The third-order valence-electron chi connectivity index (χ3n) is 2.67. The zero-order valence-electron chi connectivity index (χ0n) is 8.76. The van der Waals surface area contributed by atoms with Gasteiger partial charge in [-0.3, -0.25) is 0 Å². The van der Waals surface area contributed by atoms with Gasteiger partial charge in [0.2, 0.25) is 0 Å². The summed E-state index contributed by atoms with van der Waals surface area (Å²) in [5, 5.41) is 7.00. The molecule has 1 aliphatic rings. The maximum Gasteiger partial charge on any atom is 0.0319 e. The molecule has 1 aliphatic carbocycles. The quantitative estimate of drug-likeness (QED) is 0.756. The molecule has 1 aromatic carbocycles. The van der Waals surface area contributed by atoms with Crippen molar-refractivity contribution in [3.8, 4) is 0 Å². The standard InChI is InChI=1S/C11H13Br.CH4O/c1-8-5-6-9-3-2-4-11(12)10(9)7-8;1-2/h2-4,8H,5-7H2,1H3;2H,1H3. The third-order valence-corrected chi connectivity index (χ3v) is 3.42. The predicted molar refractivity (Wildman–Crippen MR) is 63.5 cm³/mol. The molecule has 0 aliphatic heterocycles. The first kappa shape index (κ1) is 11.7. The molecule has 1 atom stereocenters. The van der Waals surface area contributed by atoms with Gasteiger partial charge in [-0.1, -0.05) is 35.0 Å². The molecule has 0 amide bonds. The summed E-state index contributed by atoms with van der Waals surface area (Å²) in [6.07, 6.45) is 3.86. The smallest absolute Gasteiger partial charge is 0.0319 e. The highest BCUT2D eigenvalue weighted by Crippen LogP contribution is 2.30. The first-order chi connectivity index (χ1) is 6.77. The van der Waals surface area contributed by atoms with E-state index in [2.05, 4.69) is 41.1 Å². The summed E-state index contributed by atoms with van der Waals surface area (Å²) in [6.45, 7) is 2.34. The maximum atomic E-state index is 7.00. The number of aryl methyl sites for hydroxylation is 1. The molecule has 2 heteroatoms. The van der Waals surface area contributed by atoms with Crippen LogP contribution in [-0.2, 0) is 12.8 Å². The van der Waals surface area contributed by atoms with Crippen molar-refractivity contribution in [1.82, 2.24) is 0 Å². The molecule has 0 saturated carbocycles. The summed E-state index contributed by atoms with van der Waals surface area (Å²) in [5.74, 6) is 0.858. The van der Waals surface area contributed by atoms with E-state index < -0.39 is 0 Å². The third kappa shape index (κ3) is 2.58. The van der Waals surface area contributed by atoms with Crippen LogP contribution in [0.25, 0.3) is 0 Å². The average molecular weight is 257 g/mol. The Morgan fingerprint density at radius 1 is 1.36 bits per heavy atom. The van der Waals surface area contributed by atoms with Gasteiger partial charge in [0.15, 0.2) is 0 Å². The molecule has 1 aromatic rings. The number of aliphatic hydroxyl groups excluding tert-OH is 1. The van der Waals surface area contributed by atoms with Crippen molar-refractivity contribution < 1.29 is 5.11 Å². The van der Waals surface area contributed by atoms with E-state index in [9.17, 15) is 0 Å². The zero-order valence-corrected chi connectivity index (χ0v) is 10.3. The van der Waals surface area contributed by atoms with E-state index in [1.54, 1.807) is 5.56 Å². The van der Waals surface area contributed by atoms with Crippen LogP contribution >= 0.6 is 15.9 Å². The van der Waals surface area contributed by atoms with Crippen LogP contribution in [0.1, 0.15) is 24.5 Å². The van der Waals surface area contributed by atoms with Gasteiger partial charge >= 0.3 is 0 Å². The van der Waals surface area contributed by atoms with Crippen molar-refractivity contribution in [2.45, 2.75) is 26.2 Å². The SMILES string of the molecule is CC1CCc2cccc(Br)c2C1.CO. The molecule has 0 saturated heterocycles. The molecule has 1 unspecified atom stereocenters. The van der Waals surface area contributed by atoms with Gasteiger partial charge in [-0.25, -0.2) is 0 Å². The number of hydrogen-bond acceptors (Lipinski definition) is 1. The first-order valence-corrected chi connectivity index (χ1v) is 5.77. The maximum absolute atomic E-state index is 7.00. The van der Waals surface area contributed by atoms with Gasteiger partial charge in [-0.15, -0.1) is 0 Å². The Balaban J connectivity index is 0.000000461. The van der Waals surface area contributed by atoms with Crippen molar-refractivity contribution in [2.24, 2.45) is 5.92 Å². The van der Waals surface area contributed by atoms with Crippen LogP contribution in [0.4, 0.5) is 0 Å². The van der Waals surface area contributed by atoms with Crippen LogP contribution in [0.5, 0.6) is 0 Å². The molecular formula is C12H17BrO. The summed E-state index contributed by atoms with van der Waals surface area (Å²) >= 11 is 3.61. The number of benzene rings is 1. The summed E-state index contributed by atoms with van der Waals surface area (Å²) in [6, 6.07) is 6.54. The van der Waals surface area contributed by atoms with Crippen LogP contribution in [0, 0.1) is 5.92 Å². The van der Waals surface area contributed by atoms with Crippen LogP contribution in [0.15, 0.2) is 22.7 Å². The largest absolute Gasteiger partial charge is 0.400 e. The van der Waals surface area contributed by atoms with E-state index in [1.165, 1.54) is 29.3 Å². The van der Waals surface area contributed by atoms with Crippen LogP contribution in [0.3, 0.4) is 0 Å². The van der Waals surface area contributed by atoms with Crippen molar-refractivity contribution in [2.75, 3.05) is 7.11 Å². The van der Waals surface area contributed by atoms with Crippen LogP contribution < -0.4 is 0 Å². The number of rotatable bonds is 0. The molecule has 2 rings (SSSR count). The highest BCUT2D eigenvalue weighted by molar-refractivity contribution is 9.10. The van der Waals surface area contributed by atoms with Crippen molar-refractivity contribution in [1.29, 1.82) is 0 Å². The highest BCUT2D eigenvalue weighted by atomic mass is 79.9. The van der Waals surface area contributed by atoms with E-state index >= 15 is 0 Å². The van der Waals surface area contributed by atoms with Gasteiger partial charge in [0.05, 0.1) is 0 Å². The van der Waals surface area contributed by atoms with Gasteiger partial charge < -0.3 is 5.11 Å². The second-order valence-electron chi connectivity index (χ2n) is 3.73. The topological polar surface area (TPSA) is 20.2 Å². The van der Waals surface area contributed by atoms with Crippen molar-refractivity contribution in [3.05, 3.63) is 33.8 Å². The Labute approximate surface area is 94.3 Å². The number of hydrogen-bond donors (Lipinski definition) is 1. The van der Waals surface area contributed by atoms with E-state index in [1.807, 2.05) is 0 Å². The molecule has 14 heavy (non-hydrogen) atoms. The first-order valence-electron chi connectivity index (χ1n) is 4.98. The van der Waals surface area contributed by atoms with Gasteiger partial charge in [0, 0.05) is 11.6 Å². The normalized spacial score (nSPS) is 19.3. The minimum Gasteiger partial charge on any atom is -0.400 e. The van der Waals surface area contributed by atoms with E-state index in [0.29, 0.717) is 0 Å². The van der Waals surface area contributed by atoms with E-state index in [-0.39, 0.29) is 0 Å². The number of halogens is 1. The highest BCUT2D eigenvalue weighted by Gasteiger charge is 2.16. The summed E-state index contributed by atoms with van der Waals surface area (Å²) in [4.78, 5) is 0. The predicted octanol–water partition coefficient (Wildman–Crippen LogP) is 3.18. The minimum atomic E-state index is 0.858. The lowest BCUT2D eigenvalue weighted by atomic mass is 9.85. The molecular weight excluding hydrogens is 240 g/mol. The van der Waals surface area contributed by atoms with Crippen LogP contribution in [0.2, 0.25) is 0 Å². The van der Waals surface area contributed by atoms with Gasteiger partial charge in [0.1, 0.15) is 0 Å². The molecule has 0 spiro atoms. The summed E-state index contributed by atoms with van der Waals surface area (Å²) < 4.78 is 1.30. The summed E-state index contributed by atoms with van der Waals surface area (Å²) in [5.41, 5.74) is 3.08. The Bertz CT molecular complexity index is 296. The van der Waals surface area contributed by atoms with Crippen LogP contribution in [-0.4, -0.2) is 12.2 Å². The Morgan fingerprint density at radius 3 is 2.79 bits per heavy atom. The van der Waals surface area contributed by atoms with Crippen molar-refractivity contribution in [3.63, 3.8) is 0 Å². The molecule has 78 valence electrons. The minimum absolute atomic E-state index is 0.858. The monoisotopic (exact) mass is 256 g/mol. The van der Waals surface area contributed by atoms with E-state index in [0.717, 1.165) is 13.0 Å². The summed E-state index contributed by atoms with van der Waals surface area (Å²) in [7, 11) is 1.00. The number of fused-ring (bicyclic) bond motifs is 1. The fourth-order valence-electron chi connectivity index (χ4n) is 1.92. The molecule has 0 heterocycles. The Hall–Kier alpha value is -0.340. The lowest BCUT2D eigenvalue weighted by molar-refractivity contribution is 0.399. The zero-order chi connectivity index (χ0) is 10.6. The second-order valence-corrected chi connectivity index (χ2v) is 4.58. The molecule has 1 N–H and O–H groups in total. The lowest BCUT2D eigenvalue weighted by Gasteiger charge is -2.22. The molecule has 0 fully saturated rings. The van der Waals surface area contributed by atoms with E-state index in [4.69, 9.17) is 5.11 Å². The van der Waals surface area contributed by atoms with Gasteiger partial charge in [-0.05, 0) is 42.4 Å². The van der Waals surface area contributed by atoms with Gasteiger partial charge in [0.25, 0.3) is 0 Å². The van der Waals surface area contributed by atoms with Gasteiger partial charge in [-0.2, -0.15) is 0 Å². The Kier molecular flexibility index (Phi) is 4.63. The fourth-order valence-corrected chi connectivity index (χ4v) is 2.49. The second kappa shape index (κ2) is 5.52. The number of aliphatic hydroxyl groups is 1. The average Bonchev–Trinajstić information content (AvgIpc) is 2.22. The fraction of sp³-hybridized carbons (Fsp3) is 0.500. The van der Waals surface area contributed by atoms with Crippen molar-refractivity contribution >= 4 is 15.9 Å². The molecule has 0 aromatic heterocycles.